The average Bonchev–Trinajstić information content (AvgIpc) is 3.13. The summed E-state index contributed by atoms with van der Waals surface area (Å²) in [7, 11) is 1.96. The van der Waals surface area contributed by atoms with Crippen LogP contribution in [0.15, 0.2) is 41.8 Å². The van der Waals surface area contributed by atoms with Gasteiger partial charge in [-0.15, -0.1) is 22.7 Å². The molecule has 0 saturated heterocycles. The van der Waals surface area contributed by atoms with Crippen LogP contribution in [0.1, 0.15) is 15.5 Å². The van der Waals surface area contributed by atoms with Gasteiger partial charge in [0.05, 0.1) is 22.3 Å². The number of imidazole rings is 1. The van der Waals surface area contributed by atoms with Crippen LogP contribution in [-0.4, -0.2) is 15.3 Å². The van der Waals surface area contributed by atoms with Gasteiger partial charge in [0, 0.05) is 16.4 Å². The fourth-order valence-electron chi connectivity index (χ4n) is 2.49. The zero-order chi connectivity index (χ0) is 14.4. The second-order valence-electron chi connectivity index (χ2n) is 4.94. The monoisotopic (exact) mass is 312 g/mol. The average molecular weight is 312 g/mol. The van der Waals surface area contributed by atoms with Crippen molar-refractivity contribution in [2.24, 2.45) is 7.05 Å². The van der Waals surface area contributed by atoms with Crippen LogP contribution in [0, 0.1) is 0 Å². The first-order valence-corrected chi connectivity index (χ1v) is 8.32. The van der Waals surface area contributed by atoms with Crippen molar-refractivity contribution in [2.45, 2.75) is 6.42 Å². The number of hydrogen-bond acceptors (Lipinski definition) is 4. The van der Waals surface area contributed by atoms with Gasteiger partial charge in [-0.05, 0) is 29.6 Å². The van der Waals surface area contributed by atoms with Crippen molar-refractivity contribution in [2.75, 3.05) is 0 Å². The number of nitrogens with zero attached hydrogens (tertiary/aromatic N) is 2. The number of aromatic nitrogens is 2. The molecule has 0 aliphatic heterocycles. The first-order valence-electron chi connectivity index (χ1n) is 6.63. The van der Waals surface area contributed by atoms with E-state index in [9.17, 15) is 4.79 Å². The van der Waals surface area contributed by atoms with Crippen molar-refractivity contribution in [1.82, 2.24) is 9.55 Å². The first-order chi connectivity index (χ1) is 10.2. The van der Waals surface area contributed by atoms with Crippen molar-refractivity contribution >= 4 is 48.9 Å². The summed E-state index contributed by atoms with van der Waals surface area (Å²) in [6.45, 7) is 0. The molecule has 4 aromatic rings. The highest BCUT2D eigenvalue weighted by atomic mass is 32.1. The van der Waals surface area contributed by atoms with Gasteiger partial charge in [-0.25, -0.2) is 4.98 Å². The van der Waals surface area contributed by atoms with Crippen LogP contribution < -0.4 is 0 Å². The molecular weight excluding hydrogens is 300 g/mol. The van der Waals surface area contributed by atoms with Gasteiger partial charge in [0.1, 0.15) is 5.82 Å². The Hall–Kier alpha value is -1.98. The number of benzene rings is 1. The number of carbonyl (C=O) groups excluding carboxylic acids is 1. The van der Waals surface area contributed by atoms with Crippen LogP contribution in [0.5, 0.6) is 0 Å². The van der Waals surface area contributed by atoms with Crippen molar-refractivity contribution in [3.8, 4) is 0 Å². The molecule has 0 aliphatic rings. The number of rotatable bonds is 3. The lowest BCUT2D eigenvalue weighted by Crippen LogP contribution is -2.06. The summed E-state index contributed by atoms with van der Waals surface area (Å²) in [5.41, 5.74) is 2.00. The molecule has 0 amide bonds. The number of fused-ring (bicyclic) bond motifs is 2. The first kappa shape index (κ1) is 12.7. The van der Waals surface area contributed by atoms with Gasteiger partial charge in [0.15, 0.2) is 5.78 Å². The standard InChI is InChI=1S/C16H12N2OS2/c1-18-11-5-3-2-4-10(11)17-16(18)8-12(19)14-9-15-13(21-14)6-7-20-15/h2-7,9H,8H2,1H3. The molecule has 104 valence electrons. The predicted octanol–water partition coefficient (Wildman–Crippen LogP) is 4.27. The number of aryl methyl sites for hydroxylation is 1. The minimum atomic E-state index is 0.141. The van der Waals surface area contributed by atoms with E-state index in [0.29, 0.717) is 6.42 Å². The van der Waals surface area contributed by atoms with Crippen LogP contribution >= 0.6 is 22.7 Å². The van der Waals surface area contributed by atoms with E-state index in [1.54, 1.807) is 22.7 Å². The Labute approximate surface area is 129 Å². The Morgan fingerprint density at radius 2 is 2.10 bits per heavy atom. The molecule has 21 heavy (non-hydrogen) atoms. The number of ketones is 1. The molecule has 5 heteroatoms. The normalized spacial score (nSPS) is 11.5. The summed E-state index contributed by atoms with van der Waals surface area (Å²) >= 11 is 3.24. The van der Waals surface area contributed by atoms with Gasteiger partial charge in [-0.2, -0.15) is 0 Å². The SMILES string of the molecule is Cn1c(CC(=O)c2cc3sccc3s2)nc2ccccc21. The summed E-state index contributed by atoms with van der Waals surface area (Å²) in [6.07, 6.45) is 0.346. The van der Waals surface area contributed by atoms with Gasteiger partial charge in [0.25, 0.3) is 0 Å². The van der Waals surface area contributed by atoms with Crippen LogP contribution in [0.2, 0.25) is 0 Å². The molecule has 3 heterocycles. The van der Waals surface area contributed by atoms with E-state index in [4.69, 9.17) is 0 Å². The summed E-state index contributed by atoms with van der Waals surface area (Å²) in [5, 5.41) is 2.06. The highest BCUT2D eigenvalue weighted by Crippen LogP contribution is 2.30. The van der Waals surface area contributed by atoms with E-state index < -0.39 is 0 Å². The number of hydrogen-bond donors (Lipinski definition) is 0. The molecule has 0 spiro atoms. The van der Waals surface area contributed by atoms with Gasteiger partial charge >= 0.3 is 0 Å². The number of carbonyl (C=O) groups is 1. The molecular formula is C16H12N2OS2. The molecule has 0 unspecified atom stereocenters. The highest BCUT2D eigenvalue weighted by Gasteiger charge is 2.15. The molecule has 0 saturated carbocycles. The molecule has 3 nitrogen and oxygen atoms in total. The summed E-state index contributed by atoms with van der Waals surface area (Å²) in [4.78, 5) is 17.9. The molecule has 1 aromatic carbocycles. The van der Waals surface area contributed by atoms with Crippen molar-refractivity contribution in [3.05, 3.63) is 52.5 Å². The van der Waals surface area contributed by atoms with Gasteiger partial charge in [-0.1, -0.05) is 12.1 Å². The predicted molar refractivity (Wildman–Crippen MR) is 88.5 cm³/mol. The third kappa shape index (κ3) is 2.09. The molecule has 4 rings (SSSR count). The quantitative estimate of drug-likeness (QED) is 0.529. The Morgan fingerprint density at radius 3 is 2.90 bits per heavy atom. The zero-order valence-electron chi connectivity index (χ0n) is 11.4. The van der Waals surface area contributed by atoms with E-state index in [0.717, 1.165) is 21.7 Å². The largest absolute Gasteiger partial charge is 0.331 e. The number of Topliss-reactive ketones (excluding diaryl/α,β-unsaturated/α-hetero) is 1. The number of para-hydroxylation sites is 2. The fraction of sp³-hybridized carbons (Fsp3) is 0.125. The third-order valence-electron chi connectivity index (χ3n) is 3.61. The topological polar surface area (TPSA) is 34.9 Å². The minimum absolute atomic E-state index is 0.141. The highest BCUT2D eigenvalue weighted by molar-refractivity contribution is 7.27. The van der Waals surface area contributed by atoms with Gasteiger partial charge in [-0.3, -0.25) is 4.79 Å². The van der Waals surface area contributed by atoms with Crippen LogP contribution in [0.3, 0.4) is 0 Å². The summed E-state index contributed by atoms with van der Waals surface area (Å²) in [5.74, 6) is 0.958. The van der Waals surface area contributed by atoms with Crippen LogP contribution in [-0.2, 0) is 13.5 Å². The molecule has 0 fully saturated rings. The van der Waals surface area contributed by atoms with Crippen LogP contribution in [0.25, 0.3) is 20.4 Å². The summed E-state index contributed by atoms with van der Waals surface area (Å²) < 4.78 is 4.38. The second-order valence-corrected chi connectivity index (χ2v) is 6.97. The van der Waals surface area contributed by atoms with E-state index in [-0.39, 0.29) is 5.78 Å². The minimum Gasteiger partial charge on any atom is -0.331 e. The van der Waals surface area contributed by atoms with Gasteiger partial charge < -0.3 is 4.57 Å². The molecule has 0 N–H and O–H groups in total. The second kappa shape index (κ2) is 4.79. The van der Waals surface area contributed by atoms with E-state index in [1.807, 2.05) is 41.9 Å². The zero-order valence-corrected chi connectivity index (χ0v) is 13.0. The van der Waals surface area contributed by atoms with Crippen molar-refractivity contribution in [1.29, 1.82) is 0 Å². The van der Waals surface area contributed by atoms with E-state index in [2.05, 4.69) is 16.4 Å². The summed E-state index contributed by atoms with van der Waals surface area (Å²) in [6, 6.07) is 12.0. The van der Waals surface area contributed by atoms with Crippen molar-refractivity contribution in [3.63, 3.8) is 0 Å². The molecule has 0 radical (unpaired) electrons. The third-order valence-corrected chi connectivity index (χ3v) is 5.75. The Bertz CT molecular complexity index is 933. The van der Waals surface area contributed by atoms with E-state index >= 15 is 0 Å². The maximum absolute atomic E-state index is 12.5. The molecule has 0 bridgehead atoms. The Kier molecular flexibility index (Phi) is 2.90. The lowest BCUT2D eigenvalue weighted by atomic mass is 10.2. The maximum Gasteiger partial charge on any atom is 0.180 e. The number of thiophene rings is 2. The lowest BCUT2D eigenvalue weighted by Gasteiger charge is -2.00. The molecule has 0 atom stereocenters. The van der Waals surface area contributed by atoms with E-state index in [1.165, 1.54) is 9.40 Å². The lowest BCUT2D eigenvalue weighted by molar-refractivity contribution is 0.0994. The van der Waals surface area contributed by atoms with Crippen LogP contribution in [0.4, 0.5) is 0 Å². The molecule has 0 aliphatic carbocycles. The van der Waals surface area contributed by atoms with Crippen molar-refractivity contribution < 1.29 is 4.79 Å². The Morgan fingerprint density at radius 1 is 1.24 bits per heavy atom. The fourth-order valence-corrected chi connectivity index (χ4v) is 4.53. The molecule has 3 aromatic heterocycles. The Balaban J connectivity index is 1.69. The maximum atomic E-state index is 12.5. The van der Waals surface area contributed by atoms with Gasteiger partial charge in [0.2, 0.25) is 0 Å². The smallest absolute Gasteiger partial charge is 0.180 e.